The Bertz CT molecular complexity index is 770. The molecule has 3 rings (SSSR count). The maximum Gasteiger partial charge on any atom is 0.254 e. The van der Waals surface area contributed by atoms with Gasteiger partial charge in [-0.1, -0.05) is 6.07 Å². The zero-order chi connectivity index (χ0) is 17.3. The van der Waals surface area contributed by atoms with Crippen LogP contribution in [0.4, 0.5) is 0 Å². The zero-order valence-corrected chi connectivity index (χ0v) is 14.5. The molecule has 6 nitrogen and oxygen atoms in total. The second-order valence-corrected chi connectivity index (χ2v) is 6.65. The monoisotopic (exact) mass is 328 g/mol. The van der Waals surface area contributed by atoms with E-state index in [1.807, 2.05) is 43.1 Å². The van der Waals surface area contributed by atoms with E-state index in [0.29, 0.717) is 24.2 Å². The third-order valence-corrected chi connectivity index (χ3v) is 4.55. The predicted octanol–water partition coefficient (Wildman–Crippen LogP) is 1.89. The van der Waals surface area contributed by atoms with Gasteiger partial charge in [-0.3, -0.25) is 4.79 Å². The average Bonchev–Trinajstić information content (AvgIpc) is 3.04. The van der Waals surface area contributed by atoms with Crippen molar-refractivity contribution in [1.29, 1.82) is 0 Å². The normalized spacial score (nSPS) is 17.0. The summed E-state index contributed by atoms with van der Waals surface area (Å²) in [6, 6.07) is 5.52. The molecule has 0 atom stereocenters. The molecular weight excluding hydrogens is 304 g/mol. The Labute approximate surface area is 142 Å². The van der Waals surface area contributed by atoms with Gasteiger partial charge >= 0.3 is 0 Å². The summed E-state index contributed by atoms with van der Waals surface area (Å²) in [5.41, 5.74) is 2.08. The third-order valence-electron chi connectivity index (χ3n) is 4.55. The van der Waals surface area contributed by atoms with Crippen LogP contribution in [-0.2, 0) is 0 Å². The van der Waals surface area contributed by atoms with Crippen molar-refractivity contribution in [1.82, 2.24) is 14.8 Å². The number of hydrogen-bond acceptors (Lipinski definition) is 3. The fourth-order valence-electron chi connectivity index (χ4n) is 2.93. The second kappa shape index (κ2) is 6.65. The zero-order valence-electron chi connectivity index (χ0n) is 14.5. The number of nitrogens with one attached hydrogen (secondary N) is 1. The first kappa shape index (κ1) is 16.5. The second-order valence-electron chi connectivity index (χ2n) is 6.65. The highest BCUT2D eigenvalue weighted by Gasteiger charge is 2.24. The number of carbonyl (C=O) groups is 1. The number of fused-ring (bicyclic) bond motifs is 1. The van der Waals surface area contributed by atoms with E-state index in [9.17, 15) is 10.0 Å². The highest BCUT2D eigenvalue weighted by molar-refractivity contribution is 6.09. The SMILES string of the molecule is CC(C)/[N+]([O-])=C/c1c(C(=O)N2CCN(C)CC2)ccc2cc[nH]c12. The topological polar surface area (TPSA) is 65.4 Å². The minimum absolute atomic E-state index is 0.0111. The van der Waals surface area contributed by atoms with Gasteiger partial charge in [0.25, 0.3) is 5.91 Å². The van der Waals surface area contributed by atoms with E-state index < -0.39 is 0 Å². The minimum Gasteiger partial charge on any atom is -0.624 e. The van der Waals surface area contributed by atoms with E-state index in [4.69, 9.17) is 0 Å². The van der Waals surface area contributed by atoms with Crippen molar-refractivity contribution in [2.24, 2.45) is 0 Å². The lowest BCUT2D eigenvalue weighted by atomic mass is 10.0. The van der Waals surface area contributed by atoms with Gasteiger partial charge in [-0.2, -0.15) is 0 Å². The summed E-state index contributed by atoms with van der Waals surface area (Å²) in [4.78, 5) is 20.2. The number of aromatic nitrogens is 1. The van der Waals surface area contributed by atoms with Crippen LogP contribution in [0.15, 0.2) is 24.4 Å². The summed E-state index contributed by atoms with van der Waals surface area (Å²) in [5, 5.41) is 13.2. The molecule has 0 spiro atoms. The predicted molar refractivity (Wildman–Crippen MR) is 95.6 cm³/mol. The van der Waals surface area contributed by atoms with Crippen LogP contribution >= 0.6 is 0 Å². The summed E-state index contributed by atoms with van der Waals surface area (Å²) in [5.74, 6) is -0.0111. The molecule has 2 heterocycles. The number of benzene rings is 1. The molecular formula is C18H24N4O2. The molecule has 0 unspecified atom stereocenters. The Balaban J connectivity index is 2.03. The summed E-state index contributed by atoms with van der Waals surface area (Å²) in [7, 11) is 2.06. The number of piperazine rings is 1. The highest BCUT2D eigenvalue weighted by atomic mass is 16.5. The van der Waals surface area contributed by atoms with E-state index in [-0.39, 0.29) is 11.9 Å². The lowest BCUT2D eigenvalue weighted by molar-refractivity contribution is -0.487. The van der Waals surface area contributed by atoms with Gasteiger partial charge in [0.1, 0.15) is 0 Å². The Kier molecular flexibility index (Phi) is 4.57. The number of nitrogens with zero attached hydrogens (tertiary/aromatic N) is 3. The van der Waals surface area contributed by atoms with Crippen LogP contribution in [0.5, 0.6) is 0 Å². The maximum atomic E-state index is 13.0. The molecule has 128 valence electrons. The molecule has 1 fully saturated rings. The van der Waals surface area contributed by atoms with Crippen LogP contribution in [0.25, 0.3) is 10.9 Å². The standard InChI is InChI=1S/C18H24N4O2/c1-13(2)22(24)12-16-15(5-4-14-6-7-19-17(14)16)18(23)21-10-8-20(3)9-11-21/h4-7,12-13,19H,8-11H2,1-3H3/b22-12-. The fraction of sp³-hybridized carbons (Fsp3) is 0.444. The molecule has 0 radical (unpaired) electrons. The quantitative estimate of drug-likeness (QED) is 0.405. The highest BCUT2D eigenvalue weighted by Crippen LogP contribution is 2.22. The molecule has 1 aromatic carbocycles. The van der Waals surface area contributed by atoms with Crippen LogP contribution in [-0.4, -0.2) is 70.9 Å². The first-order valence-electron chi connectivity index (χ1n) is 8.35. The number of hydroxylamine groups is 1. The van der Waals surface area contributed by atoms with Crippen molar-refractivity contribution in [3.05, 3.63) is 40.7 Å². The molecule has 2 aromatic rings. The van der Waals surface area contributed by atoms with E-state index in [1.54, 1.807) is 0 Å². The van der Waals surface area contributed by atoms with Crippen LogP contribution in [0.2, 0.25) is 0 Å². The molecule has 6 heteroatoms. The number of hydrogen-bond donors (Lipinski definition) is 1. The van der Waals surface area contributed by atoms with Gasteiger partial charge in [-0.15, -0.1) is 0 Å². The summed E-state index contributed by atoms with van der Waals surface area (Å²) >= 11 is 0. The Morgan fingerprint density at radius 1 is 1.25 bits per heavy atom. The molecule has 1 amide bonds. The molecule has 1 N–H and O–H groups in total. The van der Waals surface area contributed by atoms with Crippen LogP contribution in [0, 0.1) is 5.21 Å². The average molecular weight is 328 g/mol. The van der Waals surface area contributed by atoms with Gasteiger partial charge in [-0.05, 0) is 33.0 Å². The number of amides is 1. The molecule has 0 saturated carbocycles. The largest absolute Gasteiger partial charge is 0.624 e. The Morgan fingerprint density at radius 2 is 1.96 bits per heavy atom. The molecule has 0 bridgehead atoms. The number of carbonyl (C=O) groups excluding carboxylic acids is 1. The van der Waals surface area contributed by atoms with Gasteiger partial charge in [-0.25, -0.2) is 4.74 Å². The van der Waals surface area contributed by atoms with Crippen molar-refractivity contribution in [3.63, 3.8) is 0 Å². The summed E-state index contributed by atoms with van der Waals surface area (Å²) < 4.78 is 0.899. The van der Waals surface area contributed by atoms with Crippen molar-refractivity contribution in [2.45, 2.75) is 19.9 Å². The van der Waals surface area contributed by atoms with Gasteiger partial charge in [0.05, 0.1) is 16.6 Å². The van der Waals surface area contributed by atoms with E-state index in [1.165, 1.54) is 6.21 Å². The van der Waals surface area contributed by atoms with Crippen LogP contribution < -0.4 is 0 Å². The van der Waals surface area contributed by atoms with Gasteiger partial charge in [0.15, 0.2) is 12.3 Å². The third kappa shape index (κ3) is 3.14. The Morgan fingerprint density at radius 3 is 2.62 bits per heavy atom. The smallest absolute Gasteiger partial charge is 0.254 e. The lowest BCUT2D eigenvalue weighted by Crippen LogP contribution is -2.47. The number of rotatable bonds is 3. The molecule has 1 aliphatic heterocycles. The van der Waals surface area contributed by atoms with Crippen LogP contribution in [0.1, 0.15) is 29.8 Å². The van der Waals surface area contributed by atoms with Crippen LogP contribution in [0.3, 0.4) is 0 Å². The van der Waals surface area contributed by atoms with Gasteiger partial charge in [0, 0.05) is 37.8 Å². The van der Waals surface area contributed by atoms with Crippen molar-refractivity contribution in [2.75, 3.05) is 33.2 Å². The first-order chi connectivity index (χ1) is 11.5. The van der Waals surface area contributed by atoms with Gasteiger partial charge < -0.3 is 20.0 Å². The number of aromatic amines is 1. The van der Waals surface area contributed by atoms with Crippen molar-refractivity contribution in [3.8, 4) is 0 Å². The molecule has 24 heavy (non-hydrogen) atoms. The first-order valence-corrected chi connectivity index (χ1v) is 8.35. The van der Waals surface area contributed by atoms with E-state index in [2.05, 4.69) is 16.9 Å². The molecule has 1 aliphatic rings. The number of H-pyrrole nitrogens is 1. The molecule has 1 saturated heterocycles. The van der Waals surface area contributed by atoms with Gasteiger partial charge in [0.2, 0.25) is 0 Å². The van der Waals surface area contributed by atoms with Crippen molar-refractivity contribution < 1.29 is 9.53 Å². The molecule has 0 aliphatic carbocycles. The summed E-state index contributed by atoms with van der Waals surface area (Å²) in [6.45, 7) is 6.83. The van der Waals surface area contributed by atoms with Crippen molar-refractivity contribution >= 4 is 23.0 Å². The Hall–Kier alpha value is -2.34. The summed E-state index contributed by atoms with van der Waals surface area (Å²) in [6.07, 6.45) is 3.36. The fourth-order valence-corrected chi connectivity index (χ4v) is 2.93. The number of likely N-dealkylation sites (N-methyl/N-ethyl adjacent to an activating group) is 1. The molecule has 1 aromatic heterocycles. The maximum absolute atomic E-state index is 13.0. The van der Waals surface area contributed by atoms with E-state index in [0.717, 1.165) is 28.7 Å². The minimum atomic E-state index is -0.179. The van der Waals surface area contributed by atoms with E-state index >= 15 is 0 Å². The lowest BCUT2D eigenvalue weighted by Gasteiger charge is -2.32.